The first-order valence-electron chi connectivity index (χ1n) is 8.55. The molecule has 1 aliphatic heterocycles. The molecule has 0 spiro atoms. The van der Waals surface area contributed by atoms with E-state index in [4.69, 9.17) is 9.47 Å². The highest BCUT2D eigenvalue weighted by atomic mass is 32.2. The van der Waals surface area contributed by atoms with Gasteiger partial charge in [-0.25, -0.2) is 0 Å². The van der Waals surface area contributed by atoms with Gasteiger partial charge in [0, 0.05) is 11.6 Å². The normalized spacial score (nSPS) is 12.8. The van der Waals surface area contributed by atoms with Gasteiger partial charge in [0.25, 0.3) is 11.5 Å². The first-order valence-corrected chi connectivity index (χ1v) is 9.22. The summed E-state index contributed by atoms with van der Waals surface area (Å²) in [5.41, 5.74) is 1.39. The maximum atomic E-state index is 12.8. The average molecular weight is 414 g/mol. The van der Waals surface area contributed by atoms with E-state index in [1.807, 2.05) is 0 Å². The number of ether oxygens (including phenoxy) is 2. The van der Waals surface area contributed by atoms with E-state index in [0.717, 1.165) is 11.3 Å². The Bertz CT molecular complexity index is 1120. The lowest BCUT2D eigenvalue weighted by atomic mass is 10.1. The first kappa shape index (κ1) is 18.9. The zero-order valence-corrected chi connectivity index (χ0v) is 16.1. The summed E-state index contributed by atoms with van der Waals surface area (Å²) in [5.74, 6) is 1.18. The minimum Gasteiger partial charge on any atom is -0.495 e. The number of nitrogens with zero attached hydrogens (tertiary/aromatic N) is 4. The number of anilines is 1. The molecule has 0 aliphatic carbocycles. The zero-order valence-electron chi connectivity index (χ0n) is 15.2. The van der Waals surface area contributed by atoms with Crippen LogP contribution in [0, 0.1) is 0 Å². The Hall–Kier alpha value is -3.40. The molecule has 1 aliphatic rings. The van der Waals surface area contributed by atoms with Gasteiger partial charge >= 0.3 is 0 Å². The van der Waals surface area contributed by atoms with Gasteiger partial charge < -0.3 is 9.47 Å². The third-order valence-electron chi connectivity index (χ3n) is 4.40. The molecule has 0 radical (unpaired) electrons. The van der Waals surface area contributed by atoms with E-state index in [9.17, 15) is 13.5 Å². The topological polar surface area (TPSA) is 86.5 Å². The monoisotopic (exact) mass is 414 g/mol. The minimum atomic E-state index is -0.603. The van der Waals surface area contributed by atoms with E-state index in [-0.39, 0.29) is 37.2 Å². The Morgan fingerprint density at radius 3 is 2.69 bits per heavy atom. The van der Waals surface area contributed by atoms with Crippen LogP contribution in [0.1, 0.15) is 21.6 Å². The number of fused-ring (bicyclic) bond motifs is 1. The van der Waals surface area contributed by atoms with Gasteiger partial charge in [-0.05, 0) is 42.0 Å². The number of aromatic nitrogens is 3. The van der Waals surface area contributed by atoms with Crippen molar-refractivity contribution in [1.82, 2.24) is 14.2 Å². The molecule has 0 unspecified atom stereocenters. The van der Waals surface area contributed by atoms with Gasteiger partial charge in [-0.2, -0.15) is 0 Å². The number of methoxy groups -OCH3 is 1. The standard InChI is InChI=1S/C19H15FN4O4S/c1-27-15-3-2-13(21-9-15)11-28-14-4-5-16-12(8-14)10-23(19(16)26)17-6-7-18(25)24(22-17)29-20/h2-9H,10-11H2,1H3. The number of carbonyl (C=O) groups is 1. The summed E-state index contributed by atoms with van der Waals surface area (Å²) in [6, 6.07) is 11.3. The third-order valence-corrected chi connectivity index (χ3v) is 4.79. The van der Waals surface area contributed by atoms with Crippen LogP contribution in [0.4, 0.5) is 9.70 Å². The molecule has 29 heavy (non-hydrogen) atoms. The van der Waals surface area contributed by atoms with Crippen molar-refractivity contribution >= 4 is 24.1 Å². The van der Waals surface area contributed by atoms with Gasteiger partial charge in [-0.15, -0.1) is 13.1 Å². The molecule has 0 fully saturated rings. The third kappa shape index (κ3) is 3.79. The maximum Gasteiger partial charge on any atom is 0.279 e. The number of carbonyl (C=O) groups excluding carboxylic acids is 1. The second kappa shape index (κ2) is 7.92. The Balaban J connectivity index is 1.50. The molecule has 10 heteroatoms. The molecular formula is C19H15FN4O4S. The van der Waals surface area contributed by atoms with E-state index in [2.05, 4.69) is 10.1 Å². The number of hydrogen-bond acceptors (Lipinski definition) is 7. The SMILES string of the molecule is COc1ccc(COc2ccc3c(c2)CN(c2ccc(=O)n(SF)n2)C3=O)nc1. The van der Waals surface area contributed by atoms with Crippen LogP contribution in [0.5, 0.6) is 11.5 Å². The van der Waals surface area contributed by atoms with Crippen molar-refractivity contribution in [2.75, 3.05) is 12.0 Å². The number of rotatable bonds is 6. The quantitative estimate of drug-likeness (QED) is 0.613. The van der Waals surface area contributed by atoms with Crippen LogP contribution >= 0.6 is 12.3 Å². The highest BCUT2D eigenvalue weighted by molar-refractivity contribution is 7.92. The molecule has 4 rings (SSSR count). The molecule has 3 aromatic rings. The summed E-state index contributed by atoms with van der Waals surface area (Å²) in [6.45, 7) is 0.509. The second-order valence-electron chi connectivity index (χ2n) is 6.16. The predicted octanol–water partition coefficient (Wildman–Crippen LogP) is 2.77. The van der Waals surface area contributed by atoms with Crippen molar-refractivity contribution in [2.45, 2.75) is 13.2 Å². The van der Waals surface area contributed by atoms with E-state index < -0.39 is 5.56 Å². The smallest absolute Gasteiger partial charge is 0.279 e. The number of halogens is 1. The molecule has 0 atom stereocenters. The molecular weight excluding hydrogens is 399 g/mol. The van der Waals surface area contributed by atoms with E-state index >= 15 is 0 Å². The van der Waals surface area contributed by atoms with Crippen molar-refractivity contribution < 1.29 is 18.2 Å². The summed E-state index contributed by atoms with van der Waals surface area (Å²) < 4.78 is 24.2. The van der Waals surface area contributed by atoms with E-state index in [1.54, 1.807) is 43.6 Å². The van der Waals surface area contributed by atoms with Crippen molar-refractivity contribution in [1.29, 1.82) is 0 Å². The summed E-state index contributed by atoms with van der Waals surface area (Å²) in [5, 5.41) is 3.87. The van der Waals surface area contributed by atoms with Crippen LogP contribution in [-0.2, 0) is 13.2 Å². The van der Waals surface area contributed by atoms with Crippen molar-refractivity contribution in [2.24, 2.45) is 0 Å². The van der Waals surface area contributed by atoms with Crippen LogP contribution in [-0.4, -0.2) is 27.2 Å². The fraction of sp³-hybridized carbons (Fsp3) is 0.158. The molecule has 0 bridgehead atoms. The number of hydrogen-bond donors (Lipinski definition) is 0. The Labute approximate surface area is 169 Å². The summed E-state index contributed by atoms with van der Waals surface area (Å²) in [4.78, 5) is 29.8. The Kier molecular flexibility index (Phi) is 5.17. The van der Waals surface area contributed by atoms with E-state index in [1.165, 1.54) is 17.0 Å². The average Bonchev–Trinajstić information content (AvgIpc) is 3.09. The molecule has 0 saturated heterocycles. The molecule has 8 nitrogen and oxygen atoms in total. The molecule has 2 aromatic heterocycles. The molecule has 148 valence electrons. The fourth-order valence-corrected chi connectivity index (χ4v) is 3.17. The summed E-state index contributed by atoms with van der Waals surface area (Å²) in [6.07, 6.45) is 1.61. The number of pyridine rings is 1. The number of amides is 1. The van der Waals surface area contributed by atoms with Crippen LogP contribution in [0.2, 0.25) is 0 Å². The maximum absolute atomic E-state index is 12.8. The Morgan fingerprint density at radius 2 is 1.97 bits per heavy atom. The van der Waals surface area contributed by atoms with Gasteiger partial charge in [0.2, 0.25) is 0 Å². The lowest BCUT2D eigenvalue weighted by Crippen LogP contribution is -2.27. The first-order chi connectivity index (χ1) is 14.1. The zero-order chi connectivity index (χ0) is 20.4. The highest BCUT2D eigenvalue weighted by Gasteiger charge is 2.30. The van der Waals surface area contributed by atoms with Gasteiger partial charge in [0.15, 0.2) is 18.2 Å². The van der Waals surface area contributed by atoms with Crippen LogP contribution in [0.3, 0.4) is 0 Å². The van der Waals surface area contributed by atoms with Gasteiger partial charge in [-0.3, -0.25) is 19.5 Å². The van der Waals surface area contributed by atoms with Gasteiger partial charge in [0.1, 0.15) is 18.1 Å². The predicted molar refractivity (Wildman–Crippen MR) is 105 cm³/mol. The molecule has 1 amide bonds. The minimum absolute atomic E-state index is 0.195. The molecule has 3 heterocycles. The summed E-state index contributed by atoms with van der Waals surface area (Å²) >= 11 is -0.316. The van der Waals surface area contributed by atoms with Crippen LogP contribution in [0.25, 0.3) is 0 Å². The van der Waals surface area contributed by atoms with Gasteiger partial charge in [0.05, 0.1) is 25.5 Å². The molecule has 1 aromatic carbocycles. The number of benzene rings is 1. The lowest BCUT2D eigenvalue weighted by Gasteiger charge is -2.14. The molecule has 0 saturated carbocycles. The van der Waals surface area contributed by atoms with Crippen molar-refractivity contribution in [3.8, 4) is 11.5 Å². The molecule has 0 N–H and O–H groups in total. The lowest BCUT2D eigenvalue weighted by molar-refractivity contribution is 0.0995. The van der Waals surface area contributed by atoms with Crippen molar-refractivity contribution in [3.05, 3.63) is 75.8 Å². The summed E-state index contributed by atoms with van der Waals surface area (Å²) in [7, 11) is 1.57. The second-order valence-corrected chi connectivity index (χ2v) is 6.64. The Morgan fingerprint density at radius 1 is 1.14 bits per heavy atom. The van der Waals surface area contributed by atoms with Crippen LogP contribution < -0.4 is 19.9 Å². The van der Waals surface area contributed by atoms with Gasteiger partial charge in [-0.1, -0.05) is 0 Å². The fourth-order valence-electron chi connectivity index (χ4n) is 2.92. The van der Waals surface area contributed by atoms with Crippen molar-refractivity contribution in [3.63, 3.8) is 0 Å². The van der Waals surface area contributed by atoms with Crippen LogP contribution in [0.15, 0.2) is 53.5 Å². The van der Waals surface area contributed by atoms with E-state index in [0.29, 0.717) is 21.1 Å². The largest absolute Gasteiger partial charge is 0.495 e. The highest BCUT2D eigenvalue weighted by Crippen LogP contribution is 2.30.